The van der Waals surface area contributed by atoms with Gasteiger partial charge in [-0.05, 0) is 23.8 Å². The Labute approximate surface area is 75.9 Å². The van der Waals surface area contributed by atoms with E-state index < -0.39 is 0 Å². The molecule has 0 rings (SSSR count). The zero-order valence-corrected chi connectivity index (χ0v) is 8.90. The first-order chi connectivity index (χ1) is 5.25. The van der Waals surface area contributed by atoms with Gasteiger partial charge in [0.25, 0.3) is 0 Å². The highest BCUT2D eigenvalue weighted by atomic mass is 16.1. The fraction of sp³-hybridized carbons (Fsp3) is 0.727. The summed E-state index contributed by atoms with van der Waals surface area (Å²) >= 11 is 0. The van der Waals surface area contributed by atoms with Crippen LogP contribution in [0.3, 0.4) is 0 Å². The Bertz CT molecular complexity index is 184. The van der Waals surface area contributed by atoms with E-state index >= 15 is 0 Å². The lowest BCUT2D eigenvalue weighted by Crippen LogP contribution is -2.20. The molecule has 0 saturated heterocycles. The molecule has 0 fully saturated rings. The van der Waals surface area contributed by atoms with E-state index in [2.05, 4.69) is 34.3 Å². The zero-order chi connectivity index (χ0) is 9.94. The molecule has 0 radical (unpaired) electrons. The molecule has 0 aromatic rings. The quantitative estimate of drug-likeness (QED) is 0.591. The van der Waals surface area contributed by atoms with Crippen LogP contribution in [-0.4, -0.2) is 5.78 Å². The second-order valence-electron chi connectivity index (χ2n) is 4.67. The molecule has 0 saturated carbocycles. The molecule has 12 heavy (non-hydrogen) atoms. The Balaban J connectivity index is 4.11. The third-order valence-corrected chi connectivity index (χ3v) is 2.45. The van der Waals surface area contributed by atoms with E-state index in [-0.39, 0.29) is 11.2 Å². The van der Waals surface area contributed by atoms with Crippen LogP contribution >= 0.6 is 0 Å². The molecule has 0 aromatic carbocycles. The second-order valence-corrected chi connectivity index (χ2v) is 4.67. The van der Waals surface area contributed by atoms with E-state index in [0.29, 0.717) is 17.9 Å². The van der Waals surface area contributed by atoms with Gasteiger partial charge in [0.05, 0.1) is 0 Å². The number of carbonyl (C=O) groups excluding carboxylic acids is 1. The van der Waals surface area contributed by atoms with Gasteiger partial charge in [-0.3, -0.25) is 4.79 Å². The van der Waals surface area contributed by atoms with Gasteiger partial charge in [-0.2, -0.15) is 0 Å². The SMILES string of the molecule is C=C(C)C(=O)CC(C)C(C)(C)C. The molecule has 0 aromatic heterocycles. The van der Waals surface area contributed by atoms with E-state index in [0.717, 1.165) is 0 Å². The van der Waals surface area contributed by atoms with Gasteiger partial charge < -0.3 is 0 Å². The first-order valence-corrected chi connectivity index (χ1v) is 4.44. The number of carbonyl (C=O) groups is 1. The van der Waals surface area contributed by atoms with Gasteiger partial charge in [0.15, 0.2) is 5.78 Å². The van der Waals surface area contributed by atoms with Crippen LogP contribution in [-0.2, 0) is 4.79 Å². The average Bonchev–Trinajstić information content (AvgIpc) is 1.85. The molecule has 70 valence electrons. The Hall–Kier alpha value is -0.590. The maximum absolute atomic E-state index is 11.3. The molecule has 1 heteroatoms. The van der Waals surface area contributed by atoms with Crippen molar-refractivity contribution in [2.24, 2.45) is 11.3 Å². The van der Waals surface area contributed by atoms with Crippen LogP contribution in [0.5, 0.6) is 0 Å². The minimum atomic E-state index is 0.192. The molecule has 0 spiro atoms. The van der Waals surface area contributed by atoms with Crippen LogP contribution in [0.4, 0.5) is 0 Å². The van der Waals surface area contributed by atoms with E-state index in [4.69, 9.17) is 0 Å². The van der Waals surface area contributed by atoms with E-state index in [1.54, 1.807) is 6.92 Å². The Morgan fingerprint density at radius 1 is 1.42 bits per heavy atom. The summed E-state index contributed by atoms with van der Waals surface area (Å²) in [6, 6.07) is 0. The summed E-state index contributed by atoms with van der Waals surface area (Å²) < 4.78 is 0. The van der Waals surface area contributed by atoms with Crippen LogP contribution in [0.25, 0.3) is 0 Å². The molecular formula is C11H20O. The lowest BCUT2D eigenvalue weighted by Gasteiger charge is -2.26. The monoisotopic (exact) mass is 168 g/mol. The summed E-state index contributed by atoms with van der Waals surface area (Å²) in [4.78, 5) is 11.3. The average molecular weight is 168 g/mol. The first-order valence-electron chi connectivity index (χ1n) is 4.44. The van der Waals surface area contributed by atoms with Crippen molar-refractivity contribution in [3.05, 3.63) is 12.2 Å². The van der Waals surface area contributed by atoms with Gasteiger partial charge >= 0.3 is 0 Å². The predicted octanol–water partition coefficient (Wildman–Crippen LogP) is 3.20. The lowest BCUT2D eigenvalue weighted by molar-refractivity contribution is -0.117. The zero-order valence-electron chi connectivity index (χ0n) is 8.90. The fourth-order valence-electron chi connectivity index (χ4n) is 0.759. The van der Waals surface area contributed by atoms with E-state index in [1.165, 1.54) is 0 Å². The summed E-state index contributed by atoms with van der Waals surface area (Å²) in [6.07, 6.45) is 0.624. The molecule has 0 aliphatic heterocycles. The number of ketones is 1. The molecular weight excluding hydrogens is 148 g/mol. The molecule has 0 N–H and O–H groups in total. The van der Waals surface area contributed by atoms with Crippen molar-refractivity contribution < 1.29 is 4.79 Å². The second kappa shape index (κ2) is 3.88. The van der Waals surface area contributed by atoms with Gasteiger partial charge in [0.2, 0.25) is 0 Å². The number of allylic oxidation sites excluding steroid dienone is 1. The lowest BCUT2D eigenvalue weighted by atomic mass is 9.79. The highest BCUT2D eigenvalue weighted by Gasteiger charge is 2.22. The molecule has 0 heterocycles. The maximum atomic E-state index is 11.3. The third kappa shape index (κ3) is 3.70. The summed E-state index contributed by atoms with van der Waals surface area (Å²) in [5.74, 6) is 0.610. The van der Waals surface area contributed by atoms with Crippen LogP contribution in [0, 0.1) is 11.3 Å². The summed E-state index contributed by atoms with van der Waals surface area (Å²) in [7, 11) is 0. The number of Topliss-reactive ketones (excluding diaryl/α,β-unsaturated/α-hetero) is 1. The topological polar surface area (TPSA) is 17.1 Å². The van der Waals surface area contributed by atoms with Crippen molar-refractivity contribution in [3.8, 4) is 0 Å². The minimum Gasteiger partial charge on any atom is -0.295 e. The summed E-state index contributed by atoms with van der Waals surface area (Å²) in [6.45, 7) is 14.0. The number of hydrogen-bond acceptors (Lipinski definition) is 1. The van der Waals surface area contributed by atoms with Gasteiger partial charge in [0.1, 0.15) is 0 Å². The third-order valence-electron chi connectivity index (χ3n) is 2.45. The Morgan fingerprint density at radius 3 is 2.08 bits per heavy atom. The van der Waals surface area contributed by atoms with Crippen molar-refractivity contribution in [3.63, 3.8) is 0 Å². The Morgan fingerprint density at radius 2 is 1.83 bits per heavy atom. The van der Waals surface area contributed by atoms with Crippen molar-refractivity contribution in [1.82, 2.24) is 0 Å². The van der Waals surface area contributed by atoms with E-state index in [1.807, 2.05) is 0 Å². The van der Waals surface area contributed by atoms with Crippen molar-refractivity contribution in [1.29, 1.82) is 0 Å². The smallest absolute Gasteiger partial charge is 0.158 e. The molecule has 1 nitrogen and oxygen atoms in total. The standard InChI is InChI=1S/C11H20O/c1-8(2)10(12)7-9(3)11(4,5)6/h9H,1,7H2,2-6H3. The number of rotatable bonds is 3. The highest BCUT2D eigenvalue weighted by molar-refractivity contribution is 5.94. The summed E-state index contributed by atoms with van der Waals surface area (Å²) in [5, 5.41) is 0. The van der Waals surface area contributed by atoms with E-state index in [9.17, 15) is 4.79 Å². The van der Waals surface area contributed by atoms with Crippen molar-refractivity contribution in [2.75, 3.05) is 0 Å². The summed E-state index contributed by atoms with van der Waals surface area (Å²) in [5.41, 5.74) is 0.886. The van der Waals surface area contributed by atoms with Gasteiger partial charge in [0, 0.05) is 6.42 Å². The first kappa shape index (κ1) is 11.4. The van der Waals surface area contributed by atoms with Crippen LogP contribution in [0.15, 0.2) is 12.2 Å². The largest absolute Gasteiger partial charge is 0.295 e. The van der Waals surface area contributed by atoms with Crippen molar-refractivity contribution >= 4 is 5.78 Å². The predicted molar refractivity (Wildman–Crippen MR) is 53.1 cm³/mol. The molecule has 0 bridgehead atoms. The van der Waals surface area contributed by atoms with Crippen molar-refractivity contribution in [2.45, 2.75) is 41.0 Å². The fourth-order valence-corrected chi connectivity index (χ4v) is 0.759. The molecule has 1 atom stereocenters. The van der Waals surface area contributed by atoms with Gasteiger partial charge in [-0.1, -0.05) is 34.3 Å². The van der Waals surface area contributed by atoms with Crippen LogP contribution < -0.4 is 0 Å². The highest BCUT2D eigenvalue weighted by Crippen LogP contribution is 2.28. The number of hydrogen-bond donors (Lipinski definition) is 0. The molecule has 0 aliphatic carbocycles. The normalized spacial score (nSPS) is 14.1. The molecule has 1 unspecified atom stereocenters. The van der Waals surface area contributed by atoms with Gasteiger partial charge in [-0.15, -0.1) is 0 Å². The van der Waals surface area contributed by atoms with Crippen LogP contribution in [0.1, 0.15) is 41.0 Å². The van der Waals surface area contributed by atoms with Crippen LogP contribution in [0.2, 0.25) is 0 Å². The maximum Gasteiger partial charge on any atom is 0.158 e. The van der Waals surface area contributed by atoms with Gasteiger partial charge in [-0.25, -0.2) is 0 Å². The molecule has 0 aliphatic rings. The molecule has 0 amide bonds. The minimum absolute atomic E-state index is 0.192. The Kier molecular flexibility index (Phi) is 3.69.